The van der Waals surface area contributed by atoms with Gasteiger partial charge in [0.15, 0.2) is 0 Å². The molecule has 2 aromatic carbocycles. The van der Waals surface area contributed by atoms with E-state index < -0.39 is 0 Å². The monoisotopic (exact) mass is 345 g/mol. The van der Waals surface area contributed by atoms with Crippen molar-refractivity contribution in [2.45, 2.75) is 38.6 Å². The highest BCUT2D eigenvalue weighted by molar-refractivity contribution is 9.10. The molecule has 0 bridgehead atoms. The normalized spacial score (nSPS) is 13.1. The molecular formula is C19H24BrN. The Morgan fingerprint density at radius 2 is 1.57 bits per heavy atom. The Balaban J connectivity index is 2.15. The minimum absolute atomic E-state index is 0.143. The molecule has 2 heteroatoms. The fourth-order valence-corrected chi connectivity index (χ4v) is 2.64. The van der Waals surface area contributed by atoms with Gasteiger partial charge in [0.2, 0.25) is 0 Å². The van der Waals surface area contributed by atoms with Crippen molar-refractivity contribution in [2.75, 3.05) is 6.54 Å². The summed E-state index contributed by atoms with van der Waals surface area (Å²) < 4.78 is 1.13. The molecule has 0 radical (unpaired) electrons. The largest absolute Gasteiger partial charge is 0.311 e. The maximum atomic E-state index is 3.64. The van der Waals surface area contributed by atoms with Crippen molar-refractivity contribution in [3.63, 3.8) is 0 Å². The molecule has 112 valence electrons. The van der Waals surface area contributed by atoms with Gasteiger partial charge in [0.25, 0.3) is 0 Å². The van der Waals surface area contributed by atoms with E-state index in [0.717, 1.165) is 17.4 Å². The first kappa shape index (κ1) is 16.3. The van der Waals surface area contributed by atoms with Crippen LogP contribution in [0.15, 0.2) is 59.1 Å². The Morgan fingerprint density at radius 3 is 2.14 bits per heavy atom. The fourth-order valence-electron chi connectivity index (χ4n) is 2.37. The van der Waals surface area contributed by atoms with Gasteiger partial charge in [0, 0.05) is 22.5 Å². The van der Waals surface area contributed by atoms with Gasteiger partial charge in [-0.2, -0.15) is 0 Å². The molecule has 0 aliphatic carbocycles. The lowest BCUT2D eigenvalue weighted by Crippen LogP contribution is -2.39. The Labute approximate surface area is 136 Å². The van der Waals surface area contributed by atoms with E-state index in [2.05, 4.69) is 96.6 Å². The van der Waals surface area contributed by atoms with Crippen LogP contribution in [0.4, 0.5) is 0 Å². The van der Waals surface area contributed by atoms with Crippen LogP contribution in [-0.4, -0.2) is 12.1 Å². The number of halogens is 1. The molecule has 0 spiro atoms. The van der Waals surface area contributed by atoms with Crippen LogP contribution in [0.2, 0.25) is 0 Å². The average molecular weight is 346 g/mol. The molecule has 1 N–H and O–H groups in total. The van der Waals surface area contributed by atoms with E-state index in [-0.39, 0.29) is 5.54 Å². The lowest BCUT2D eigenvalue weighted by atomic mass is 9.91. The van der Waals surface area contributed by atoms with E-state index in [0.29, 0.717) is 5.92 Å². The van der Waals surface area contributed by atoms with Crippen molar-refractivity contribution < 1.29 is 0 Å². The summed E-state index contributed by atoms with van der Waals surface area (Å²) in [5.74, 6) is 0.486. The first-order valence-corrected chi connectivity index (χ1v) is 8.28. The van der Waals surface area contributed by atoms with Gasteiger partial charge in [-0.15, -0.1) is 0 Å². The van der Waals surface area contributed by atoms with Gasteiger partial charge in [-0.25, -0.2) is 0 Å². The minimum atomic E-state index is 0.143. The van der Waals surface area contributed by atoms with E-state index in [9.17, 15) is 0 Å². The first-order chi connectivity index (χ1) is 9.94. The molecule has 1 unspecified atom stereocenters. The summed E-state index contributed by atoms with van der Waals surface area (Å²) in [5, 5.41) is 3.64. The highest BCUT2D eigenvalue weighted by atomic mass is 79.9. The van der Waals surface area contributed by atoms with Gasteiger partial charge in [-0.1, -0.05) is 58.4 Å². The van der Waals surface area contributed by atoms with Crippen molar-refractivity contribution >= 4 is 15.9 Å². The van der Waals surface area contributed by atoms with Crippen molar-refractivity contribution in [2.24, 2.45) is 0 Å². The topological polar surface area (TPSA) is 12.0 Å². The summed E-state index contributed by atoms with van der Waals surface area (Å²) >= 11 is 3.52. The van der Waals surface area contributed by atoms with Crippen LogP contribution in [0.1, 0.15) is 37.8 Å². The third-order valence-electron chi connectivity index (χ3n) is 3.55. The Bertz CT molecular complexity index is 540. The SMILES string of the molecule is CC(C)(C)NCC(Cc1ccccc1)c1ccc(Br)cc1. The van der Waals surface area contributed by atoms with Crippen LogP contribution in [0.3, 0.4) is 0 Å². The zero-order valence-electron chi connectivity index (χ0n) is 13.1. The molecule has 0 aliphatic rings. The van der Waals surface area contributed by atoms with E-state index in [1.54, 1.807) is 0 Å². The number of hydrogen-bond donors (Lipinski definition) is 1. The smallest absolute Gasteiger partial charge is 0.0175 e. The zero-order chi connectivity index (χ0) is 15.3. The molecule has 1 atom stereocenters. The number of rotatable bonds is 5. The van der Waals surface area contributed by atoms with Gasteiger partial charge >= 0.3 is 0 Å². The fraction of sp³-hybridized carbons (Fsp3) is 0.368. The Morgan fingerprint density at radius 1 is 0.952 bits per heavy atom. The van der Waals surface area contributed by atoms with E-state index in [1.165, 1.54) is 11.1 Å². The predicted octanol–water partition coefficient (Wildman–Crippen LogP) is 5.16. The number of nitrogens with one attached hydrogen (secondary N) is 1. The Kier molecular flexibility index (Phi) is 5.60. The number of benzene rings is 2. The summed E-state index contributed by atoms with van der Waals surface area (Å²) in [6, 6.07) is 19.4. The summed E-state index contributed by atoms with van der Waals surface area (Å²) in [7, 11) is 0. The van der Waals surface area contributed by atoms with Crippen LogP contribution >= 0.6 is 15.9 Å². The lowest BCUT2D eigenvalue weighted by Gasteiger charge is -2.26. The van der Waals surface area contributed by atoms with Gasteiger partial charge in [-0.05, 0) is 50.5 Å². The molecule has 1 nitrogen and oxygen atoms in total. The first-order valence-electron chi connectivity index (χ1n) is 7.48. The molecule has 0 saturated carbocycles. The second kappa shape index (κ2) is 7.24. The minimum Gasteiger partial charge on any atom is -0.311 e. The summed E-state index contributed by atoms with van der Waals surface area (Å²) in [4.78, 5) is 0. The molecule has 0 saturated heterocycles. The molecule has 2 aromatic rings. The standard InChI is InChI=1S/C19H24BrN/c1-19(2,3)21-14-17(13-15-7-5-4-6-8-15)16-9-11-18(20)12-10-16/h4-12,17,21H,13-14H2,1-3H3. The van der Waals surface area contributed by atoms with Crippen molar-refractivity contribution in [3.05, 3.63) is 70.2 Å². The number of hydrogen-bond acceptors (Lipinski definition) is 1. The molecule has 2 rings (SSSR count). The summed E-state index contributed by atoms with van der Waals surface area (Å²) in [6.45, 7) is 7.64. The maximum absolute atomic E-state index is 3.64. The molecule has 0 fully saturated rings. The summed E-state index contributed by atoms with van der Waals surface area (Å²) in [5.41, 5.74) is 2.92. The molecule has 0 aromatic heterocycles. The van der Waals surface area contributed by atoms with Crippen LogP contribution in [0, 0.1) is 0 Å². The van der Waals surface area contributed by atoms with Gasteiger partial charge in [-0.3, -0.25) is 0 Å². The third kappa shape index (κ3) is 5.64. The van der Waals surface area contributed by atoms with Crippen molar-refractivity contribution in [1.82, 2.24) is 5.32 Å². The average Bonchev–Trinajstić information content (AvgIpc) is 2.45. The van der Waals surface area contributed by atoms with Gasteiger partial charge in [0.1, 0.15) is 0 Å². The highest BCUT2D eigenvalue weighted by Crippen LogP contribution is 2.23. The third-order valence-corrected chi connectivity index (χ3v) is 4.07. The molecule has 0 amide bonds. The quantitative estimate of drug-likeness (QED) is 0.788. The second-order valence-electron chi connectivity index (χ2n) is 6.57. The van der Waals surface area contributed by atoms with Crippen LogP contribution in [-0.2, 0) is 6.42 Å². The van der Waals surface area contributed by atoms with Crippen LogP contribution in [0.5, 0.6) is 0 Å². The second-order valence-corrected chi connectivity index (χ2v) is 7.48. The predicted molar refractivity (Wildman–Crippen MR) is 94.8 cm³/mol. The van der Waals surface area contributed by atoms with Crippen molar-refractivity contribution in [3.8, 4) is 0 Å². The maximum Gasteiger partial charge on any atom is 0.0175 e. The van der Waals surface area contributed by atoms with Crippen molar-refractivity contribution in [1.29, 1.82) is 0 Å². The van der Waals surface area contributed by atoms with E-state index in [4.69, 9.17) is 0 Å². The van der Waals surface area contributed by atoms with Gasteiger partial charge in [0.05, 0.1) is 0 Å². The molecule has 21 heavy (non-hydrogen) atoms. The van der Waals surface area contributed by atoms with E-state index in [1.807, 2.05) is 0 Å². The van der Waals surface area contributed by atoms with Crippen LogP contribution < -0.4 is 5.32 Å². The molecular weight excluding hydrogens is 322 g/mol. The molecule has 0 aliphatic heterocycles. The highest BCUT2D eigenvalue weighted by Gasteiger charge is 2.16. The molecule has 0 heterocycles. The van der Waals surface area contributed by atoms with Gasteiger partial charge < -0.3 is 5.32 Å². The lowest BCUT2D eigenvalue weighted by molar-refractivity contribution is 0.405. The van der Waals surface area contributed by atoms with Crippen LogP contribution in [0.25, 0.3) is 0 Å². The van der Waals surface area contributed by atoms with E-state index >= 15 is 0 Å². The zero-order valence-corrected chi connectivity index (χ0v) is 14.7. The summed E-state index contributed by atoms with van der Waals surface area (Å²) in [6.07, 6.45) is 1.06. The Hall–Kier alpha value is -1.12.